The summed E-state index contributed by atoms with van der Waals surface area (Å²) in [6.45, 7) is 4.55. The van der Waals surface area contributed by atoms with Crippen LogP contribution >= 0.6 is 23.2 Å². The molecule has 0 spiro atoms. The minimum atomic E-state index is -0.376. The fraction of sp³-hybridized carbons (Fsp3) is 0.190. The van der Waals surface area contributed by atoms with Crippen LogP contribution in [0.3, 0.4) is 0 Å². The molecule has 0 saturated carbocycles. The van der Waals surface area contributed by atoms with Crippen LogP contribution in [0.15, 0.2) is 59.2 Å². The monoisotopic (exact) mass is 427 g/mol. The highest BCUT2D eigenvalue weighted by Crippen LogP contribution is 2.31. The molecular weight excluding hydrogens is 409 g/mol. The molecule has 2 aromatic carbocycles. The van der Waals surface area contributed by atoms with Gasteiger partial charge in [-0.15, -0.1) is 5.10 Å². The van der Waals surface area contributed by atoms with Crippen LogP contribution in [0.25, 0.3) is 5.69 Å². The Morgan fingerprint density at radius 2 is 1.86 bits per heavy atom. The van der Waals surface area contributed by atoms with Crippen molar-refractivity contribution >= 4 is 23.2 Å². The van der Waals surface area contributed by atoms with Gasteiger partial charge in [0, 0.05) is 10.0 Å². The first-order chi connectivity index (χ1) is 14.0. The predicted molar refractivity (Wildman–Crippen MR) is 112 cm³/mol. The maximum absolute atomic E-state index is 6.54. The minimum Gasteiger partial charge on any atom is -0.468 e. The third-order valence-corrected chi connectivity index (χ3v) is 5.30. The van der Waals surface area contributed by atoms with Gasteiger partial charge in [-0.25, -0.2) is 0 Å². The van der Waals surface area contributed by atoms with Crippen LogP contribution in [0, 0.1) is 13.8 Å². The summed E-state index contributed by atoms with van der Waals surface area (Å²) in [6.07, 6.45) is 1.64. The van der Waals surface area contributed by atoms with Crippen molar-refractivity contribution in [3.8, 4) is 5.69 Å². The second-order valence-corrected chi connectivity index (χ2v) is 7.59. The molecule has 0 saturated heterocycles. The smallest absolute Gasteiger partial charge is 0.178 e. The van der Waals surface area contributed by atoms with Crippen molar-refractivity contribution in [2.75, 3.05) is 0 Å². The largest absolute Gasteiger partial charge is 0.468 e. The quantitative estimate of drug-likeness (QED) is 0.465. The molecule has 1 atom stereocenters. The summed E-state index contributed by atoms with van der Waals surface area (Å²) in [6, 6.07) is 14.9. The standard InChI is InChI=1S/C21H19Cl2N5O/c1-13-5-3-6-14(2)20(13)28-21(25-26-27-28)19(24-12-16-7-4-10-29-16)17-9-8-15(22)11-18(17)23/h3-11,19,24H,12H2,1-2H3/t19-/m0/s1. The van der Waals surface area contributed by atoms with Gasteiger partial charge in [0.1, 0.15) is 5.76 Å². The lowest BCUT2D eigenvalue weighted by molar-refractivity contribution is 0.460. The van der Waals surface area contributed by atoms with Crippen LogP contribution in [-0.4, -0.2) is 20.2 Å². The molecule has 1 N–H and O–H groups in total. The molecule has 0 unspecified atom stereocenters. The maximum Gasteiger partial charge on any atom is 0.178 e. The lowest BCUT2D eigenvalue weighted by atomic mass is 10.0. The first-order valence-electron chi connectivity index (χ1n) is 9.10. The normalized spacial score (nSPS) is 12.3. The third-order valence-electron chi connectivity index (χ3n) is 4.74. The van der Waals surface area contributed by atoms with Crippen LogP contribution in [0.1, 0.15) is 34.3 Å². The number of hydrogen-bond donors (Lipinski definition) is 1. The summed E-state index contributed by atoms with van der Waals surface area (Å²) in [4.78, 5) is 0. The first kappa shape index (κ1) is 19.6. The molecule has 148 valence electrons. The van der Waals surface area contributed by atoms with Crippen LogP contribution < -0.4 is 5.32 Å². The Morgan fingerprint density at radius 3 is 2.55 bits per heavy atom. The number of para-hydroxylation sites is 1. The summed E-state index contributed by atoms with van der Waals surface area (Å²) in [7, 11) is 0. The number of furan rings is 1. The lowest BCUT2D eigenvalue weighted by Gasteiger charge is -2.20. The number of aryl methyl sites for hydroxylation is 2. The van der Waals surface area contributed by atoms with Gasteiger partial charge >= 0.3 is 0 Å². The highest BCUT2D eigenvalue weighted by Gasteiger charge is 2.25. The van der Waals surface area contributed by atoms with Crippen LogP contribution in [0.4, 0.5) is 0 Å². The average Bonchev–Trinajstić information content (AvgIpc) is 3.36. The van der Waals surface area contributed by atoms with Crippen molar-refractivity contribution in [3.63, 3.8) is 0 Å². The molecular formula is C21H19Cl2N5O. The maximum atomic E-state index is 6.54. The SMILES string of the molecule is Cc1cccc(C)c1-n1nnnc1[C@@H](NCc1ccco1)c1ccc(Cl)cc1Cl. The van der Waals surface area contributed by atoms with E-state index in [0.717, 1.165) is 28.1 Å². The van der Waals surface area contributed by atoms with Crippen molar-refractivity contribution in [2.24, 2.45) is 0 Å². The van der Waals surface area contributed by atoms with Gasteiger partial charge < -0.3 is 4.42 Å². The lowest BCUT2D eigenvalue weighted by Crippen LogP contribution is -2.26. The van der Waals surface area contributed by atoms with E-state index in [-0.39, 0.29) is 6.04 Å². The predicted octanol–water partition coefficient (Wildman–Crippen LogP) is 5.06. The van der Waals surface area contributed by atoms with Gasteiger partial charge in [-0.2, -0.15) is 4.68 Å². The Balaban J connectivity index is 1.81. The Morgan fingerprint density at radius 1 is 1.07 bits per heavy atom. The van der Waals surface area contributed by atoms with Gasteiger partial charge in [0.05, 0.1) is 24.5 Å². The summed E-state index contributed by atoms with van der Waals surface area (Å²) in [5, 5.41) is 17.1. The van der Waals surface area contributed by atoms with E-state index in [1.165, 1.54) is 0 Å². The Kier molecular flexibility index (Phi) is 5.67. The molecule has 0 radical (unpaired) electrons. The van der Waals surface area contributed by atoms with E-state index in [2.05, 4.69) is 20.8 Å². The van der Waals surface area contributed by atoms with Crippen molar-refractivity contribution in [1.29, 1.82) is 0 Å². The van der Waals surface area contributed by atoms with E-state index in [9.17, 15) is 0 Å². The van der Waals surface area contributed by atoms with Gasteiger partial charge in [0.2, 0.25) is 0 Å². The number of benzene rings is 2. The average molecular weight is 428 g/mol. The highest BCUT2D eigenvalue weighted by molar-refractivity contribution is 6.35. The zero-order chi connectivity index (χ0) is 20.4. The molecule has 0 aliphatic rings. The van der Waals surface area contributed by atoms with Crippen molar-refractivity contribution in [1.82, 2.24) is 25.5 Å². The zero-order valence-corrected chi connectivity index (χ0v) is 17.4. The summed E-state index contributed by atoms with van der Waals surface area (Å²) in [5.74, 6) is 1.42. The first-order valence-corrected chi connectivity index (χ1v) is 9.86. The summed E-state index contributed by atoms with van der Waals surface area (Å²) >= 11 is 12.6. The molecule has 4 rings (SSSR count). The summed E-state index contributed by atoms with van der Waals surface area (Å²) < 4.78 is 7.22. The van der Waals surface area contributed by atoms with E-state index in [1.54, 1.807) is 23.1 Å². The fourth-order valence-corrected chi connectivity index (χ4v) is 3.88. The van der Waals surface area contributed by atoms with E-state index in [1.807, 2.05) is 50.2 Å². The van der Waals surface area contributed by atoms with E-state index >= 15 is 0 Å². The molecule has 0 fully saturated rings. The van der Waals surface area contributed by atoms with Gasteiger partial charge in [-0.3, -0.25) is 5.32 Å². The van der Waals surface area contributed by atoms with E-state index < -0.39 is 0 Å². The molecule has 2 aromatic heterocycles. The molecule has 0 amide bonds. The fourth-order valence-electron chi connectivity index (χ4n) is 3.36. The minimum absolute atomic E-state index is 0.376. The highest BCUT2D eigenvalue weighted by atomic mass is 35.5. The van der Waals surface area contributed by atoms with Crippen molar-refractivity contribution in [2.45, 2.75) is 26.4 Å². The Labute approximate surface area is 178 Å². The van der Waals surface area contributed by atoms with E-state index in [4.69, 9.17) is 27.6 Å². The number of halogens is 2. The van der Waals surface area contributed by atoms with Crippen LogP contribution in [-0.2, 0) is 6.54 Å². The van der Waals surface area contributed by atoms with Crippen LogP contribution in [0.2, 0.25) is 10.0 Å². The molecule has 2 heterocycles. The Hall–Kier alpha value is -2.67. The van der Waals surface area contributed by atoms with Crippen LogP contribution in [0.5, 0.6) is 0 Å². The number of rotatable bonds is 6. The number of aromatic nitrogens is 4. The zero-order valence-electron chi connectivity index (χ0n) is 15.9. The third kappa shape index (κ3) is 4.05. The molecule has 8 heteroatoms. The molecule has 29 heavy (non-hydrogen) atoms. The van der Waals surface area contributed by atoms with Gasteiger partial charge in [0.15, 0.2) is 5.82 Å². The second-order valence-electron chi connectivity index (χ2n) is 6.75. The van der Waals surface area contributed by atoms with Gasteiger partial charge in [-0.1, -0.05) is 47.5 Å². The molecule has 0 bridgehead atoms. The Bertz CT molecular complexity index is 1100. The van der Waals surface area contributed by atoms with Crippen molar-refractivity contribution < 1.29 is 4.42 Å². The molecule has 6 nitrogen and oxygen atoms in total. The number of tetrazole rings is 1. The van der Waals surface area contributed by atoms with Gasteiger partial charge in [0.25, 0.3) is 0 Å². The number of hydrogen-bond acceptors (Lipinski definition) is 5. The summed E-state index contributed by atoms with van der Waals surface area (Å²) in [5.41, 5.74) is 3.92. The van der Waals surface area contributed by atoms with E-state index in [0.29, 0.717) is 22.4 Å². The second kappa shape index (κ2) is 8.37. The molecule has 0 aliphatic heterocycles. The van der Waals surface area contributed by atoms with Gasteiger partial charge in [-0.05, 0) is 65.2 Å². The molecule has 0 aliphatic carbocycles. The molecule has 4 aromatic rings. The number of nitrogens with zero attached hydrogens (tertiary/aromatic N) is 4. The topological polar surface area (TPSA) is 68.8 Å². The number of nitrogens with one attached hydrogen (secondary N) is 1. The van der Waals surface area contributed by atoms with Crippen molar-refractivity contribution in [3.05, 3.63) is 93.1 Å².